The number of fused-ring (bicyclic) bond motifs is 2. The number of halogens is 1. The fourth-order valence-corrected chi connectivity index (χ4v) is 10.4. The topological polar surface area (TPSA) is 201 Å². The Balaban J connectivity index is 1.29. The van der Waals surface area contributed by atoms with E-state index in [0.717, 1.165) is 11.1 Å². The minimum atomic E-state index is -1.57. The smallest absolute Gasteiger partial charge is 0.417 e. The number of methoxy groups -OCH3 is 2. The van der Waals surface area contributed by atoms with Crippen LogP contribution in [0.1, 0.15) is 80.4 Å². The van der Waals surface area contributed by atoms with Crippen molar-refractivity contribution in [3.63, 3.8) is 0 Å². The van der Waals surface area contributed by atoms with Crippen LogP contribution in [0.25, 0.3) is 0 Å². The van der Waals surface area contributed by atoms with E-state index < -0.39 is 40.5 Å². The molecular formula is C54H61FN4O12. The van der Waals surface area contributed by atoms with Crippen LogP contribution in [-0.4, -0.2) is 83.6 Å². The number of nitro benzene ring substituents is 1. The maximum Gasteiger partial charge on any atom is 0.417 e. The van der Waals surface area contributed by atoms with Gasteiger partial charge in [0.25, 0.3) is 5.69 Å². The van der Waals surface area contributed by atoms with Crippen LogP contribution in [0.4, 0.5) is 20.6 Å². The van der Waals surface area contributed by atoms with Gasteiger partial charge in [-0.2, -0.15) is 0 Å². The highest BCUT2D eigenvalue weighted by atomic mass is 19.1. The number of unbranched alkanes of at least 4 members (excludes halogenated alkanes) is 2. The Bertz CT molecular complexity index is 2600. The van der Waals surface area contributed by atoms with E-state index in [0.29, 0.717) is 91.1 Å². The molecule has 2 amide bonds. The molecule has 4 aromatic rings. The lowest BCUT2D eigenvalue weighted by Crippen LogP contribution is -2.70. The molecule has 376 valence electrons. The number of hydrogen-bond donors (Lipinski definition) is 3. The average molecular weight is 977 g/mol. The third-order valence-electron chi connectivity index (χ3n) is 13.9. The zero-order chi connectivity index (χ0) is 50.1. The number of aliphatic hydroxyl groups excluding tert-OH is 2. The van der Waals surface area contributed by atoms with E-state index in [-0.39, 0.29) is 74.5 Å². The molecule has 3 aliphatic carbocycles. The van der Waals surface area contributed by atoms with E-state index in [4.69, 9.17) is 33.7 Å². The van der Waals surface area contributed by atoms with E-state index in [1.165, 1.54) is 38.5 Å². The Labute approximate surface area is 412 Å². The van der Waals surface area contributed by atoms with Crippen LogP contribution in [0.15, 0.2) is 114 Å². The highest BCUT2D eigenvalue weighted by molar-refractivity contribution is 6.03. The molecule has 4 aromatic carbocycles. The number of carbonyl (C=O) groups excluding carboxylic acids is 2. The first kappa shape index (κ1) is 50.6. The van der Waals surface area contributed by atoms with Crippen LogP contribution < -0.4 is 24.3 Å². The molecule has 17 heteroatoms. The number of non-ortho nitro benzene ring substituents is 1. The number of carbonyl (C=O) groups is 2. The number of anilines is 1. The summed E-state index contributed by atoms with van der Waals surface area (Å²) in [5.74, 6) is -2.05. The van der Waals surface area contributed by atoms with Gasteiger partial charge in [-0.05, 0) is 122 Å². The van der Waals surface area contributed by atoms with Gasteiger partial charge in [-0.3, -0.25) is 20.2 Å². The van der Waals surface area contributed by atoms with Crippen molar-refractivity contribution in [2.75, 3.05) is 39.4 Å². The molecule has 2 saturated carbocycles. The van der Waals surface area contributed by atoms with Crippen LogP contribution in [-0.2, 0) is 27.5 Å². The number of nitrogens with one attached hydrogen (secondary N) is 1. The molecule has 0 spiro atoms. The zero-order valence-corrected chi connectivity index (χ0v) is 40.0. The van der Waals surface area contributed by atoms with Gasteiger partial charge in [0.15, 0.2) is 0 Å². The summed E-state index contributed by atoms with van der Waals surface area (Å²) in [6.45, 7) is 4.17. The van der Waals surface area contributed by atoms with Gasteiger partial charge in [-0.15, -0.1) is 6.58 Å². The van der Waals surface area contributed by atoms with Crippen molar-refractivity contribution in [3.8, 4) is 23.0 Å². The number of amides is 2. The summed E-state index contributed by atoms with van der Waals surface area (Å²) in [5, 5.41) is 39.1. The Morgan fingerprint density at radius 3 is 2.34 bits per heavy atom. The molecule has 2 fully saturated rings. The highest BCUT2D eigenvalue weighted by Gasteiger charge is 2.66. The van der Waals surface area contributed by atoms with Crippen molar-refractivity contribution in [3.05, 3.63) is 142 Å². The van der Waals surface area contributed by atoms with Gasteiger partial charge in [0.05, 0.1) is 43.1 Å². The summed E-state index contributed by atoms with van der Waals surface area (Å²) >= 11 is 0. The summed E-state index contributed by atoms with van der Waals surface area (Å²) in [6.07, 6.45) is 8.52. The first-order valence-electron chi connectivity index (χ1n) is 24.2. The minimum Gasteiger partial charge on any atom is -0.497 e. The lowest BCUT2D eigenvalue weighted by molar-refractivity contribution is -0.384. The van der Waals surface area contributed by atoms with Gasteiger partial charge in [-0.25, -0.2) is 9.18 Å². The lowest BCUT2D eigenvalue weighted by Gasteiger charge is -2.60. The number of aliphatic hydroxyl groups is 2. The molecule has 0 saturated heterocycles. The number of allylic oxidation sites excluding steroid dienone is 1. The number of oxime groups is 1. The molecule has 71 heavy (non-hydrogen) atoms. The Hall–Kier alpha value is -6.82. The maximum absolute atomic E-state index is 14.9. The van der Waals surface area contributed by atoms with Gasteiger partial charge >= 0.3 is 6.09 Å². The Morgan fingerprint density at radius 1 is 0.944 bits per heavy atom. The number of ether oxygens (including phenoxy) is 5. The molecule has 0 bridgehead atoms. The molecule has 6 atom stereocenters. The molecule has 3 N–H and O–H groups in total. The van der Waals surface area contributed by atoms with Gasteiger partial charge < -0.3 is 43.6 Å². The van der Waals surface area contributed by atoms with Crippen molar-refractivity contribution in [1.29, 1.82) is 0 Å². The summed E-state index contributed by atoms with van der Waals surface area (Å²) in [5.41, 5.74) is 3.72. The lowest BCUT2D eigenvalue weighted by atomic mass is 9.55. The molecule has 0 aromatic heterocycles. The third-order valence-corrected chi connectivity index (χ3v) is 13.9. The standard InChI is InChI=1S/C54H61FN4O12/c1-4-27-68-54-49(58(52(62)36-15-16-36)32-34-11-17-38(55)18-12-34)31-46(57-69-33-35-13-19-39(20-14-35)59(64)65)43-28-37(9-5-7-25-60)42(10-6-8-26-61)50(51(43)54)44-29-41(22-24-47(44)71-54)70-53(63)56-45-23-21-40(66-2)30-48(45)67-3/h4,11-14,17-24,28-30,36-37,42,49-51,60-61H,1,5-10,15-16,25-27,31-33H2,2-3H3,(H,56,63). The second kappa shape index (κ2) is 22.9. The van der Waals surface area contributed by atoms with Crippen molar-refractivity contribution < 1.29 is 57.6 Å². The van der Waals surface area contributed by atoms with E-state index in [2.05, 4.69) is 18.0 Å². The summed E-state index contributed by atoms with van der Waals surface area (Å²) in [7, 11) is 3.01. The van der Waals surface area contributed by atoms with Crippen LogP contribution >= 0.6 is 0 Å². The molecule has 1 aliphatic heterocycles. The minimum absolute atomic E-state index is 0.00183. The van der Waals surface area contributed by atoms with Crippen LogP contribution in [0.5, 0.6) is 23.0 Å². The Morgan fingerprint density at radius 2 is 1.66 bits per heavy atom. The van der Waals surface area contributed by atoms with Gasteiger partial charge in [-0.1, -0.05) is 42.3 Å². The maximum atomic E-state index is 14.9. The van der Waals surface area contributed by atoms with Gasteiger partial charge in [0.1, 0.15) is 41.5 Å². The van der Waals surface area contributed by atoms with Crippen molar-refractivity contribution in [2.24, 2.45) is 28.8 Å². The zero-order valence-electron chi connectivity index (χ0n) is 40.0. The Kier molecular flexibility index (Phi) is 16.3. The molecule has 4 aliphatic rings. The number of hydrogen-bond acceptors (Lipinski definition) is 13. The molecule has 16 nitrogen and oxygen atoms in total. The predicted octanol–water partition coefficient (Wildman–Crippen LogP) is 9.63. The van der Waals surface area contributed by atoms with Crippen LogP contribution in [0.3, 0.4) is 0 Å². The number of rotatable bonds is 23. The van der Waals surface area contributed by atoms with E-state index in [9.17, 15) is 34.3 Å². The number of nitro groups is 1. The third kappa shape index (κ3) is 11.4. The van der Waals surface area contributed by atoms with E-state index in [1.54, 1.807) is 65.6 Å². The fraction of sp³-hybridized carbons (Fsp3) is 0.426. The summed E-state index contributed by atoms with van der Waals surface area (Å²) < 4.78 is 45.7. The number of nitrogens with zero attached hydrogens (tertiary/aromatic N) is 3. The van der Waals surface area contributed by atoms with Crippen molar-refractivity contribution in [2.45, 2.75) is 88.7 Å². The largest absolute Gasteiger partial charge is 0.497 e. The second-order valence-corrected chi connectivity index (χ2v) is 18.4. The number of benzene rings is 4. The molecule has 8 rings (SSSR count). The SMILES string of the molecule is C=CCOC12Oc3ccc(OC(=O)Nc4ccc(OC)cc4OC)cc3C3C(CCCCO)C(CCCCO)C=C(C(=NOCc4ccc([N+](=O)[O-])cc4)CC1N(Cc1ccc(F)cc1)C(=O)C1CC1)C32. The van der Waals surface area contributed by atoms with Crippen molar-refractivity contribution in [1.82, 2.24) is 4.90 Å². The summed E-state index contributed by atoms with van der Waals surface area (Å²) in [4.78, 5) is 47.5. The van der Waals surface area contributed by atoms with Gasteiger partial charge in [0.2, 0.25) is 11.7 Å². The van der Waals surface area contributed by atoms with E-state index in [1.807, 2.05) is 6.07 Å². The second-order valence-electron chi connectivity index (χ2n) is 18.4. The highest BCUT2D eigenvalue weighted by Crippen LogP contribution is 2.62. The quantitative estimate of drug-likeness (QED) is 0.0276. The van der Waals surface area contributed by atoms with Crippen LogP contribution in [0.2, 0.25) is 0 Å². The predicted molar refractivity (Wildman–Crippen MR) is 262 cm³/mol. The van der Waals surface area contributed by atoms with Crippen molar-refractivity contribution >= 4 is 29.1 Å². The van der Waals surface area contributed by atoms with E-state index >= 15 is 0 Å². The molecular weight excluding hydrogens is 916 g/mol. The monoisotopic (exact) mass is 976 g/mol. The first-order valence-corrected chi connectivity index (χ1v) is 24.2. The normalized spacial score (nSPS) is 22.5. The summed E-state index contributed by atoms with van der Waals surface area (Å²) in [6, 6.07) is 21.4. The van der Waals surface area contributed by atoms with Crippen LogP contribution in [0, 0.1) is 39.6 Å². The molecule has 1 heterocycles. The first-order chi connectivity index (χ1) is 34.5. The van der Waals surface area contributed by atoms with Gasteiger partial charge in [0, 0.05) is 61.8 Å². The fourth-order valence-electron chi connectivity index (χ4n) is 10.4. The molecule has 0 radical (unpaired) electrons. The average Bonchev–Trinajstić information content (AvgIpc) is 4.23. The molecule has 6 unspecified atom stereocenters.